The van der Waals surface area contributed by atoms with E-state index in [2.05, 4.69) is 11.9 Å². The topological polar surface area (TPSA) is 99.8 Å². The molecule has 0 radical (unpaired) electrons. The normalized spacial score (nSPS) is 12.1. The fraction of sp³-hybridized carbons (Fsp3) is 0.0769. The first kappa shape index (κ1) is 12.8. The number of phenolic OH excluding ortho intramolecular Hbond substituents is 1. The molecule has 0 bridgehead atoms. The van der Waals surface area contributed by atoms with Gasteiger partial charge in [-0.25, -0.2) is 4.79 Å². The molecule has 6 heteroatoms. The number of rotatable bonds is 3. The molecule has 0 spiro atoms. The van der Waals surface area contributed by atoms with E-state index in [1.54, 1.807) is 0 Å². The first-order chi connectivity index (χ1) is 9.01. The molecule has 19 heavy (non-hydrogen) atoms. The summed E-state index contributed by atoms with van der Waals surface area (Å²) in [4.78, 5) is 23.4. The van der Waals surface area contributed by atoms with E-state index in [9.17, 15) is 19.8 Å². The lowest BCUT2D eigenvalue weighted by Crippen LogP contribution is -2.35. The van der Waals surface area contributed by atoms with Crippen LogP contribution in [0.15, 0.2) is 46.1 Å². The highest BCUT2D eigenvalue weighted by Crippen LogP contribution is 2.19. The van der Waals surface area contributed by atoms with E-state index in [4.69, 9.17) is 4.42 Å². The number of hydrogen-bond acceptors (Lipinski definition) is 5. The van der Waals surface area contributed by atoms with Crippen LogP contribution in [0.25, 0.3) is 11.0 Å². The fourth-order valence-electron chi connectivity index (χ4n) is 1.53. The Balaban J connectivity index is 2.47. The average Bonchev–Trinajstić information content (AvgIpc) is 2.37. The van der Waals surface area contributed by atoms with E-state index < -0.39 is 17.8 Å². The van der Waals surface area contributed by atoms with E-state index in [-0.39, 0.29) is 16.9 Å². The fourth-order valence-corrected chi connectivity index (χ4v) is 1.53. The van der Waals surface area contributed by atoms with Crippen molar-refractivity contribution in [1.29, 1.82) is 0 Å². The van der Waals surface area contributed by atoms with Crippen molar-refractivity contribution in [2.24, 2.45) is 0 Å². The van der Waals surface area contributed by atoms with Gasteiger partial charge in [-0.15, -0.1) is 0 Å². The number of nitrogens with one attached hydrogen (secondary N) is 1. The molecule has 1 unspecified atom stereocenters. The number of aliphatic hydroxyl groups is 1. The minimum Gasteiger partial charge on any atom is -0.508 e. The zero-order valence-corrected chi connectivity index (χ0v) is 9.79. The highest BCUT2D eigenvalue weighted by molar-refractivity contribution is 5.96. The Labute approximate surface area is 107 Å². The second-order valence-electron chi connectivity index (χ2n) is 3.82. The van der Waals surface area contributed by atoms with Crippen LogP contribution in [0.5, 0.6) is 5.75 Å². The van der Waals surface area contributed by atoms with Crippen LogP contribution in [0.2, 0.25) is 0 Å². The van der Waals surface area contributed by atoms with Gasteiger partial charge in [0.25, 0.3) is 5.91 Å². The van der Waals surface area contributed by atoms with Gasteiger partial charge < -0.3 is 19.9 Å². The third-order valence-corrected chi connectivity index (χ3v) is 2.47. The predicted molar refractivity (Wildman–Crippen MR) is 67.8 cm³/mol. The standard InChI is InChI=1S/C13H11NO5/c1-2-11(16)14-12(17)9-5-7-3-4-8(15)6-10(7)19-13(9)18/h2-6,11,15-16H,1H2,(H,14,17). The lowest BCUT2D eigenvalue weighted by Gasteiger charge is -2.07. The van der Waals surface area contributed by atoms with Crippen LogP contribution in [-0.2, 0) is 0 Å². The summed E-state index contributed by atoms with van der Waals surface area (Å²) in [5.74, 6) is -0.814. The summed E-state index contributed by atoms with van der Waals surface area (Å²) < 4.78 is 4.93. The minimum absolute atomic E-state index is 0.0464. The van der Waals surface area contributed by atoms with E-state index in [1.165, 1.54) is 24.3 Å². The zero-order valence-electron chi connectivity index (χ0n) is 9.79. The largest absolute Gasteiger partial charge is 0.508 e. The van der Waals surface area contributed by atoms with Crippen molar-refractivity contribution in [2.75, 3.05) is 0 Å². The van der Waals surface area contributed by atoms with Crippen molar-refractivity contribution < 1.29 is 19.4 Å². The number of fused-ring (bicyclic) bond motifs is 1. The lowest BCUT2D eigenvalue weighted by atomic mass is 10.1. The molecular formula is C13H11NO5. The maximum absolute atomic E-state index is 11.7. The summed E-state index contributed by atoms with van der Waals surface area (Å²) in [6.45, 7) is 3.30. The number of benzene rings is 1. The monoisotopic (exact) mass is 261 g/mol. The molecule has 2 aromatic rings. The molecule has 0 aliphatic heterocycles. The summed E-state index contributed by atoms with van der Waals surface area (Å²) >= 11 is 0. The Bertz CT molecular complexity index is 704. The summed E-state index contributed by atoms with van der Waals surface area (Å²) in [5.41, 5.74) is -0.920. The third-order valence-electron chi connectivity index (χ3n) is 2.47. The van der Waals surface area contributed by atoms with Crippen molar-refractivity contribution in [2.45, 2.75) is 6.23 Å². The molecule has 1 amide bonds. The highest BCUT2D eigenvalue weighted by atomic mass is 16.4. The number of aliphatic hydroxyl groups excluding tert-OH is 1. The maximum atomic E-state index is 11.7. The van der Waals surface area contributed by atoms with Gasteiger partial charge in [0, 0.05) is 11.5 Å². The zero-order chi connectivity index (χ0) is 14.0. The van der Waals surface area contributed by atoms with Gasteiger partial charge in [0.1, 0.15) is 23.1 Å². The number of carbonyl (C=O) groups is 1. The molecule has 3 N–H and O–H groups in total. The van der Waals surface area contributed by atoms with Crippen molar-refractivity contribution >= 4 is 16.9 Å². The molecule has 0 saturated heterocycles. The number of phenols is 1. The Morgan fingerprint density at radius 3 is 2.84 bits per heavy atom. The second-order valence-corrected chi connectivity index (χ2v) is 3.82. The van der Waals surface area contributed by atoms with Crippen molar-refractivity contribution in [3.8, 4) is 5.75 Å². The third kappa shape index (κ3) is 2.63. The molecule has 1 aromatic heterocycles. The van der Waals surface area contributed by atoms with Gasteiger partial charge in [-0.05, 0) is 24.3 Å². The van der Waals surface area contributed by atoms with E-state index >= 15 is 0 Å². The molecule has 0 fully saturated rings. The van der Waals surface area contributed by atoms with Crippen LogP contribution in [0.1, 0.15) is 10.4 Å². The Morgan fingerprint density at radius 1 is 1.42 bits per heavy atom. The molecule has 0 saturated carbocycles. The van der Waals surface area contributed by atoms with Crippen LogP contribution in [-0.4, -0.2) is 22.3 Å². The molecule has 2 rings (SSSR count). The molecule has 6 nitrogen and oxygen atoms in total. The first-order valence-corrected chi connectivity index (χ1v) is 5.39. The smallest absolute Gasteiger partial charge is 0.349 e. The Hall–Kier alpha value is -2.60. The van der Waals surface area contributed by atoms with Crippen LogP contribution >= 0.6 is 0 Å². The minimum atomic E-state index is -1.25. The molecule has 1 heterocycles. The number of aromatic hydroxyl groups is 1. The van der Waals surface area contributed by atoms with Gasteiger partial charge >= 0.3 is 5.63 Å². The van der Waals surface area contributed by atoms with Crippen molar-refractivity contribution in [3.05, 3.63) is 52.9 Å². The highest BCUT2D eigenvalue weighted by Gasteiger charge is 2.15. The molecule has 1 atom stereocenters. The predicted octanol–water partition coefficient (Wildman–Crippen LogP) is 0.733. The van der Waals surface area contributed by atoms with Crippen LogP contribution in [0.4, 0.5) is 0 Å². The van der Waals surface area contributed by atoms with Gasteiger partial charge in [0.05, 0.1) is 0 Å². The molecule has 1 aromatic carbocycles. The quantitative estimate of drug-likeness (QED) is 0.429. The maximum Gasteiger partial charge on any atom is 0.349 e. The second kappa shape index (κ2) is 4.95. The summed E-state index contributed by atoms with van der Waals surface area (Å²) in [7, 11) is 0. The Kier molecular flexibility index (Phi) is 3.35. The van der Waals surface area contributed by atoms with E-state index in [1.807, 2.05) is 0 Å². The van der Waals surface area contributed by atoms with Crippen LogP contribution < -0.4 is 10.9 Å². The van der Waals surface area contributed by atoms with Gasteiger partial charge in [-0.3, -0.25) is 4.79 Å². The summed E-state index contributed by atoms with van der Waals surface area (Å²) in [6.07, 6.45) is -0.138. The lowest BCUT2D eigenvalue weighted by molar-refractivity contribution is 0.0851. The molecule has 98 valence electrons. The van der Waals surface area contributed by atoms with Crippen LogP contribution in [0, 0.1) is 0 Å². The first-order valence-electron chi connectivity index (χ1n) is 5.39. The van der Waals surface area contributed by atoms with Crippen LogP contribution in [0.3, 0.4) is 0 Å². The number of carbonyl (C=O) groups excluding carboxylic acids is 1. The van der Waals surface area contributed by atoms with Gasteiger partial charge in [0.2, 0.25) is 0 Å². The Morgan fingerprint density at radius 2 is 2.16 bits per heavy atom. The van der Waals surface area contributed by atoms with Crippen molar-refractivity contribution in [1.82, 2.24) is 5.32 Å². The summed E-state index contributed by atoms with van der Waals surface area (Å²) in [5, 5.41) is 21.1. The molecule has 0 aliphatic carbocycles. The molecular weight excluding hydrogens is 250 g/mol. The SMILES string of the molecule is C=CC(O)NC(=O)c1cc2ccc(O)cc2oc1=O. The van der Waals surface area contributed by atoms with E-state index in [0.717, 1.165) is 6.08 Å². The van der Waals surface area contributed by atoms with Gasteiger partial charge in [0.15, 0.2) is 0 Å². The van der Waals surface area contributed by atoms with Crippen molar-refractivity contribution in [3.63, 3.8) is 0 Å². The van der Waals surface area contributed by atoms with Gasteiger partial charge in [-0.2, -0.15) is 0 Å². The molecule has 0 aliphatic rings. The summed E-state index contributed by atoms with van der Waals surface area (Å²) in [6, 6.07) is 5.51. The number of hydrogen-bond donors (Lipinski definition) is 3. The van der Waals surface area contributed by atoms with E-state index in [0.29, 0.717) is 5.39 Å². The average molecular weight is 261 g/mol. The number of amides is 1. The van der Waals surface area contributed by atoms with Gasteiger partial charge in [-0.1, -0.05) is 6.58 Å².